The molecule has 0 aliphatic rings. The number of nitrogens with two attached hydrogens (primary N) is 1. The van der Waals surface area contributed by atoms with Crippen LogP contribution in [0.3, 0.4) is 0 Å². The first-order valence-corrected chi connectivity index (χ1v) is 10.9. The highest BCUT2D eigenvalue weighted by Crippen LogP contribution is 2.11. The highest BCUT2D eigenvalue weighted by molar-refractivity contribution is 5.90. The van der Waals surface area contributed by atoms with Gasteiger partial charge in [-0.3, -0.25) is 19.3 Å². The topological polar surface area (TPSA) is 95.7 Å². The molecule has 0 aromatic heterocycles. The summed E-state index contributed by atoms with van der Waals surface area (Å²) >= 11 is 0. The largest absolute Gasteiger partial charge is 0.368 e. The van der Waals surface area contributed by atoms with Gasteiger partial charge in [0.15, 0.2) is 0 Å². The smallest absolute Gasteiger partial charge is 0.242 e. The summed E-state index contributed by atoms with van der Waals surface area (Å²) in [6.07, 6.45) is 2.46. The number of rotatable bonds is 10. The van der Waals surface area contributed by atoms with E-state index in [2.05, 4.69) is 19.2 Å². The van der Waals surface area contributed by atoms with E-state index in [4.69, 9.17) is 5.73 Å². The SMILES string of the molecule is CC.CC(C)CC(C(=O)NCC(=O)N(C)C(CC(C)C)C(N)=O)N(C)C.CCC. The molecule has 0 spiro atoms. The van der Waals surface area contributed by atoms with Crippen molar-refractivity contribution in [3.63, 3.8) is 0 Å². The van der Waals surface area contributed by atoms with Crippen LogP contribution in [-0.4, -0.2) is 67.3 Å². The Hall–Kier alpha value is -1.63. The first-order chi connectivity index (χ1) is 13.4. The molecule has 2 unspecified atom stereocenters. The number of likely N-dealkylation sites (N-methyl/N-ethyl adjacent to an activating group) is 2. The molecule has 0 heterocycles. The van der Waals surface area contributed by atoms with Gasteiger partial charge in [-0.2, -0.15) is 0 Å². The number of nitrogens with one attached hydrogen (secondary N) is 1. The van der Waals surface area contributed by atoms with Crippen LogP contribution in [0.25, 0.3) is 0 Å². The molecular weight excluding hydrogens is 368 g/mol. The summed E-state index contributed by atoms with van der Waals surface area (Å²) in [5.41, 5.74) is 5.40. The van der Waals surface area contributed by atoms with Crippen molar-refractivity contribution in [1.29, 1.82) is 0 Å². The highest BCUT2D eigenvalue weighted by Gasteiger charge is 2.27. The van der Waals surface area contributed by atoms with E-state index in [1.807, 2.05) is 60.5 Å². The number of carbonyl (C=O) groups excluding carboxylic acids is 3. The van der Waals surface area contributed by atoms with Crippen molar-refractivity contribution < 1.29 is 14.4 Å². The molecule has 0 bridgehead atoms. The molecule has 2 atom stereocenters. The summed E-state index contributed by atoms with van der Waals surface area (Å²) in [7, 11) is 5.22. The zero-order chi connectivity index (χ0) is 23.7. The molecule has 174 valence electrons. The Labute approximate surface area is 179 Å². The molecule has 3 amide bonds. The number of primary amides is 1. The molecule has 7 nitrogen and oxygen atoms in total. The average molecular weight is 417 g/mol. The highest BCUT2D eigenvalue weighted by atomic mass is 16.2. The fraction of sp³-hybridized carbons (Fsp3) is 0.864. The van der Waals surface area contributed by atoms with Crippen LogP contribution in [0.1, 0.15) is 74.7 Å². The summed E-state index contributed by atoms with van der Waals surface area (Å²) in [6.45, 7) is 16.1. The second-order valence-corrected chi connectivity index (χ2v) is 8.09. The van der Waals surface area contributed by atoms with Crippen LogP contribution in [0.5, 0.6) is 0 Å². The molecular formula is C22H48N4O3. The van der Waals surface area contributed by atoms with Crippen LogP contribution >= 0.6 is 0 Å². The number of hydrogen-bond acceptors (Lipinski definition) is 4. The number of amides is 3. The second kappa shape index (κ2) is 18.4. The van der Waals surface area contributed by atoms with Gasteiger partial charge in [-0.1, -0.05) is 61.8 Å². The van der Waals surface area contributed by atoms with Crippen molar-refractivity contribution >= 4 is 17.7 Å². The maximum atomic E-state index is 12.3. The zero-order valence-corrected chi connectivity index (χ0v) is 20.8. The third kappa shape index (κ3) is 15.9. The Bertz CT molecular complexity index is 451. The Kier molecular flexibility index (Phi) is 20.3. The third-order valence-electron chi connectivity index (χ3n) is 3.92. The molecule has 0 aromatic rings. The molecule has 0 aromatic carbocycles. The van der Waals surface area contributed by atoms with Gasteiger partial charge >= 0.3 is 0 Å². The molecule has 0 aliphatic heterocycles. The Morgan fingerprint density at radius 3 is 1.55 bits per heavy atom. The van der Waals surface area contributed by atoms with Crippen molar-refractivity contribution in [2.75, 3.05) is 27.7 Å². The molecule has 0 rings (SSSR count). The maximum Gasteiger partial charge on any atom is 0.242 e. The van der Waals surface area contributed by atoms with Gasteiger partial charge in [0.05, 0.1) is 12.6 Å². The summed E-state index contributed by atoms with van der Waals surface area (Å²) in [4.78, 5) is 39.3. The van der Waals surface area contributed by atoms with Gasteiger partial charge in [-0.25, -0.2) is 0 Å². The molecule has 3 N–H and O–H groups in total. The van der Waals surface area contributed by atoms with Crippen LogP contribution < -0.4 is 11.1 Å². The monoisotopic (exact) mass is 416 g/mol. The molecule has 0 radical (unpaired) electrons. The van der Waals surface area contributed by atoms with Gasteiger partial charge in [-0.15, -0.1) is 0 Å². The standard InChI is InChI=1S/C17H34N4O3.C3H8.C2H6/c1-11(2)8-13(16(18)23)21(7)15(22)10-19-17(24)14(20(5)6)9-12(3)4;1-3-2;1-2/h11-14H,8-10H2,1-7H3,(H2,18,23)(H,19,24);3H2,1-2H3;1-2H3. The van der Waals surface area contributed by atoms with E-state index < -0.39 is 11.9 Å². The van der Waals surface area contributed by atoms with Gasteiger partial charge in [0.25, 0.3) is 0 Å². The first kappa shape index (κ1) is 32.0. The molecule has 0 saturated carbocycles. The molecule has 29 heavy (non-hydrogen) atoms. The summed E-state index contributed by atoms with van der Waals surface area (Å²) in [6, 6.07) is -0.944. The van der Waals surface area contributed by atoms with E-state index in [-0.39, 0.29) is 30.3 Å². The van der Waals surface area contributed by atoms with E-state index in [9.17, 15) is 14.4 Å². The van der Waals surface area contributed by atoms with E-state index in [0.717, 1.165) is 0 Å². The van der Waals surface area contributed by atoms with Crippen LogP contribution in [-0.2, 0) is 14.4 Å². The predicted molar refractivity (Wildman–Crippen MR) is 122 cm³/mol. The fourth-order valence-corrected chi connectivity index (χ4v) is 2.49. The van der Waals surface area contributed by atoms with Crippen LogP contribution in [0.4, 0.5) is 0 Å². The number of hydrogen-bond donors (Lipinski definition) is 2. The minimum absolute atomic E-state index is 0.139. The van der Waals surface area contributed by atoms with Crippen molar-refractivity contribution in [1.82, 2.24) is 15.1 Å². The summed E-state index contributed by atoms with van der Waals surface area (Å²) in [5, 5.41) is 2.67. The first-order valence-electron chi connectivity index (χ1n) is 10.9. The van der Waals surface area contributed by atoms with Crippen LogP contribution in [0.15, 0.2) is 0 Å². The minimum Gasteiger partial charge on any atom is -0.368 e. The lowest BCUT2D eigenvalue weighted by molar-refractivity contribution is -0.139. The third-order valence-corrected chi connectivity index (χ3v) is 3.92. The van der Waals surface area contributed by atoms with Crippen molar-refractivity contribution in [3.8, 4) is 0 Å². The summed E-state index contributed by atoms with van der Waals surface area (Å²) in [5.74, 6) is -0.440. The van der Waals surface area contributed by atoms with Gasteiger partial charge in [0, 0.05) is 7.05 Å². The Balaban J connectivity index is -0.00000123. The Morgan fingerprint density at radius 2 is 1.24 bits per heavy atom. The van der Waals surface area contributed by atoms with Gasteiger partial charge in [-0.05, 0) is 38.8 Å². The van der Waals surface area contributed by atoms with E-state index in [1.54, 1.807) is 7.05 Å². The van der Waals surface area contributed by atoms with E-state index in [1.165, 1.54) is 11.3 Å². The van der Waals surface area contributed by atoms with Gasteiger partial charge < -0.3 is 16.0 Å². The maximum absolute atomic E-state index is 12.3. The van der Waals surface area contributed by atoms with Gasteiger partial charge in [0.1, 0.15) is 6.04 Å². The van der Waals surface area contributed by atoms with Crippen LogP contribution in [0.2, 0.25) is 0 Å². The molecule has 0 fully saturated rings. The molecule has 7 heteroatoms. The van der Waals surface area contributed by atoms with Crippen molar-refractivity contribution in [2.45, 2.75) is 86.7 Å². The lowest BCUT2D eigenvalue weighted by atomic mass is 10.0. The van der Waals surface area contributed by atoms with Crippen LogP contribution in [0, 0.1) is 11.8 Å². The number of carbonyl (C=O) groups is 3. The second-order valence-electron chi connectivity index (χ2n) is 8.09. The lowest BCUT2D eigenvalue weighted by Crippen LogP contribution is -2.51. The molecule has 0 aliphatic carbocycles. The predicted octanol–water partition coefficient (Wildman–Crippen LogP) is 2.88. The fourth-order valence-electron chi connectivity index (χ4n) is 2.49. The normalized spacial score (nSPS) is 12.3. The van der Waals surface area contributed by atoms with E-state index in [0.29, 0.717) is 18.8 Å². The summed E-state index contributed by atoms with van der Waals surface area (Å²) < 4.78 is 0. The van der Waals surface area contributed by atoms with Crippen molar-refractivity contribution in [3.05, 3.63) is 0 Å². The van der Waals surface area contributed by atoms with Gasteiger partial charge in [0.2, 0.25) is 17.7 Å². The minimum atomic E-state index is -0.658. The van der Waals surface area contributed by atoms with E-state index >= 15 is 0 Å². The number of nitrogens with zero attached hydrogens (tertiary/aromatic N) is 2. The molecule has 0 saturated heterocycles. The zero-order valence-electron chi connectivity index (χ0n) is 20.8. The quantitative estimate of drug-likeness (QED) is 0.572. The lowest BCUT2D eigenvalue weighted by Gasteiger charge is -2.28. The average Bonchev–Trinajstić information content (AvgIpc) is 2.62. The Morgan fingerprint density at radius 1 is 0.862 bits per heavy atom. The van der Waals surface area contributed by atoms with Crippen molar-refractivity contribution in [2.24, 2.45) is 17.6 Å².